The van der Waals surface area contributed by atoms with Crippen molar-refractivity contribution in [3.05, 3.63) is 30.3 Å². The van der Waals surface area contributed by atoms with Gasteiger partial charge in [-0.2, -0.15) is 0 Å². The van der Waals surface area contributed by atoms with Gasteiger partial charge in [0.15, 0.2) is 5.71 Å². The number of hydrogen-bond donors (Lipinski definition) is 2. The van der Waals surface area contributed by atoms with Gasteiger partial charge < -0.3 is 19.8 Å². The van der Waals surface area contributed by atoms with Crippen LogP contribution in [0.2, 0.25) is 0 Å². The van der Waals surface area contributed by atoms with Gasteiger partial charge in [-0.15, -0.1) is 0 Å². The summed E-state index contributed by atoms with van der Waals surface area (Å²) in [7, 11) is 0. The lowest BCUT2D eigenvalue weighted by atomic mass is 10.3. The van der Waals surface area contributed by atoms with Crippen molar-refractivity contribution in [1.29, 1.82) is 0 Å². The Kier molecular flexibility index (Phi) is 5.66. The number of aliphatic hydroxyl groups excluding tert-OH is 1. The van der Waals surface area contributed by atoms with Crippen LogP contribution in [-0.4, -0.2) is 41.2 Å². The van der Waals surface area contributed by atoms with E-state index in [1.54, 1.807) is 12.1 Å². The second-order valence-electron chi connectivity index (χ2n) is 3.56. The quantitative estimate of drug-likeness (QED) is 0.557. The number of carboxylic acid groups (broad SMARTS) is 1. The number of nitrogens with zero attached hydrogens (tertiary/aromatic N) is 1. The molecule has 0 amide bonds. The lowest BCUT2D eigenvalue weighted by molar-refractivity contribution is -0.129. The Morgan fingerprint density at radius 2 is 2.00 bits per heavy atom. The Labute approximate surface area is 104 Å². The highest BCUT2D eigenvalue weighted by atomic mass is 16.6. The lowest BCUT2D eigenvalue weighted by Crippen LogP contribution is -2.23. The van der Waals surface area contributed by atoms with Crippen LogP contribution in [0.4, 0.5) is 0 Å². The van der Waals surface area contributed by atoms with Crippen molar-refractivity contribution in [2.24, 2.45) is 5.16 Å². The second-order valence-corrected chi connectivity index (χ2v) is 3.56. The zero-order valence-electron chi connectivity index (χ0n) is 9.94. The Morgan fingerprint density at radius 3 is 2.61 bits per heavy atom. The number of aliphatic hydroxyl groups is 1. The number of carboxylic acids is 1. The van der Waals surface area contributed by atoms with Gasteiger partial charge in [0.05, 0.1) is 0 Å². The summed E-state index contributed by atoms with van der Waals surface area (Å²) in [6.45, 7) is 1.22. The molecule has 6 heteroatoms. The summed E-state index contributed by atoms with van der Waals surface area (Å²) in [5.41, 5.74) is -0.175. The molecule has 0 aromatic heterocycles. The Hall–Kier alpha value is -2.08. The maximum absolute atomic E-state index is 10.4. The molecular formula is C12H15NO5. The molecule has 2 N–H and O–H groups in total. The topological polar surface area (TPSA) is 88.4 Å². The predicted molar refractivity (Wildman–Crippen MR) is 64.6 cm³/mol. The highest BCUT2D eigenvalue weighted by Gasteiger charge is 2.07. The third-order valence-electron chi connectivity index (χ3n) is 1.96. The van der Waals surface area contributed by atoms with Crippen LogP contribution in [0.1, 0.15) is 6.92 Å². The highest BCUT2D eigenvalue weighted by molar-refractivity contribution is 6.34. The van der Waals surface area contributed by atoms with E-state index in [1.165, 1.54) is 6.92 Å². The van der Waals surface area contributed by atoms with Crippen LogP contribution in [0.5, 0.6) is 5.75 Å². The van der Waals surface area contributed by atoms with Crippen molar-refractivity contribution in [3.8, 4) is 5.75 Å². The summed E-state index contributed by atoms with van der Waals surface area (Å²) in [4.78, 5) is 15.1. The third-order valence-corrected chi connectivity index (χ3v) is 1.96. The molecular weight excluding hydrogens is 238 g/mol. The number of aliphatic carboxylic acids is 1. The normalized spacial score (nSPS) is 12.9. The van der Waals surface area contributed by atoms with Gasteiger partial charge >= 0.3 is 5.97 Å². The maximum atomic E-state index is 10.4. The molecule has 1 aromatic carbocycles. The van der Waals surface area contributed by atoms with Crippen LogP contribution in [0.3, 0.4) is 0 Å². The lowest BCUT2D eigenvalue weighted by Gasteiger charge is -2.11. The molecule has 1 unspecified atom stereocenters. The van der Waals surface area contributed by atoms with Crippen molar-refractivity contribution in [2.75, 3.05) is 13.2 Å². The van der Waals surface area contributed by atoms with Crippen molar-refractivity contribution >= 4 is 11.7 Å². The molecule has 0 saturated heterocycles. The number of benzene rings is 1. The fourth-order valence-corrected chi connectivity index (χ4v) is 1.02. The fourth-order valence-electron chi connectivity index (χ4n) is 1.02. The summed E-state index contributed by atoms with van der Waals surface area (Å²) >= 11 is 0. The number of carbonyl (C=O) groups is 1. The molecule has 1 atom stereocenters. The van der Waals surface area contributed by atoms with Gasteiger partial charge in [0, 0.05) is 0 Å². The summed E-state index contributed by atoms with van der Waals surface area (Å²) in [5, 5.41) is 21.3. The molecule has 0 radical (unpaired) electrons. The van der Waals surface area contributed by atoms with E-state index in [4.69, 9.17) is 9.84 Å². The van der Waals surface area contributed by atoms with E-state index in [1.807, 2.05) is 18.2 Å². The number of rotatable bonds is 7. The third kappa shape index (κ3) is 5.31. The van der Waals surface area contributed by atoms with Gasteiger partial charge in [-0.3, -0.25) is 0 Å². The number of hydrogen-bond acceptors (Lipinski definition) is 5. The zero-order valence-corrected chi connectivity index (χ0v) is 9.94. The first-order chi connectivity index (χ1) is 8.59. The molecule has 0 aliphatic rings. The Balaban J connectivity index is 2.24. The average molecular weight is 253 g/mol. The molecule has 0 fully saturated rings. The predicted octanol–water partition coefficient (Wildman–Crippen LogP) is 0.903. The molecule has 0 heterocycles. The molecule has 0 spiro atoms. The highest BCUT2D eigenvalue weighted by Crippen LogP contribution is 2.08. The first-order valence-electron chi connectivity index (χ1n) is 5.35. The summed E-state index contributed by atoms with van der Waals surface area (Å²) in [6.07, 6.45) is -0.879. The first-order valence-corrected chi connectivity index (χ1v) is 5.35. The zero-order chi connectivity index (χ0) is 13.4. The number of oxime groups is 1. The van der Waals surface area contributed by atoms with Crippen molar-refractivity contribution in [2.45, 2.75) is 13.0 Å². The fraction of sp³-hybridized carbons (Fsp3) is 0.333. The Morgan fingerprint density at radius 1 is 1.33 bits per heavy atom. The van der Waals surface area contributed by atoms with Crippen molar-refractivity contribution in [1.82, 2.24) is 0 Å². The molecule has 98 valence electrons. The standard InChI is InChI=1S/C12H15NO5/c1-9(12(15)16)13-18-8-10(14)7-17-11-5-3-2-4-6-11/h2-6,10,14H,7-8H2,1H3,(H,15,16). The van der Waals surface area contributed by atoms with Gasteiger partial charge in [0.25, 0.3) is 0 Å². The van der Waals surface area contributed by atoms with Crippen molar-refractivity contribution in [3.63, 3.8) is 0 Å². The molecule has 0 aliphatic heterocycles. The van der Waals surface area contributed by atoms with E-state index in [-0.39, 0.29) is 18.9 Å². The SMILES string of the molecule is CC(=NOCC(O)COc1ccccc1)C(=O)O. The van der Waals surface area contributed by atoms with Gasteiger partial charge in [-0.1, -0.05) is 23.4 Å². The van der Waals surface area contributed by atoms with Crippen LogP contribution in [0.25, 0.3) is 0 Å². The van der Waals surface area contributed by atoms with Crippen LogP contribution in [-0.2, 0) is 9.63 Å². The molecule has 18 heavy (non-hydrogen) atoms. The molecule has 0 aliphatic carbocycles. The molecule has 1 rings (SSSR count). The van der Waals surface area contributed by atoms with Crippen LogP contribution < -0.4 is 4.74 Å². The number of para-hydroxylation sites is 1. The first kappa shape index (κ1) is 14.0. The van der Waals surface area contributed by atoms with E-state index in [0.29, 0.717) is 5.75 Å². The van der Waals surface area contributed by atoms with Gasteiger partial charge in [0.1, 0.15) is 25.1 Å². The van der Waals surface area contributed by atoms with Gasteiger partial charge in [-0.05, 0) is 19.1 Å². The smallest absolute Gasteiger partial charge is 0.353 e. The minimum Gasteiger partial charge on any atom is -0.491 e. The second kappa shape index (κ2) is 7.29. The van der Waals surface area contributed by atoms with E-state index in [2.05, 4.69) is 9.99 Å². The minimum atomic E-state index is -1.16. The van der Waals surface area contributed by atoms with Gasteiger partial charge in [0.2, 0.25) is 0 Å². The summed E-state index contributed by atoms with van der Waals surface area (Å²) in [5.74, 6) is -0.521. The monoisotopic (exact) mass is 253 g/mol. The minimum absolute atomic E-state index is 0.0473. The van der Waals surface area contributed by atoms with E-state index in [0.717, 1.165) is 0 Å². The number of ether oxygens (including phenoxy) is 1. The van der Waals surface area contributed by atoms with E-state index >= 15 is 0 Å². The van der Waals surface area contributed by atoms with Crippen LogP contribution in [0.15, 0.2) is 35.5 Å². The molecule has 0 saturated carbocycles. The Bertz CT molecular complexity index is 404. The van der Waals surface area contributed by atoms with E-state index in [9.17, 15) is 9.90 Å². The molecule has 0 bridgehead atoms. The summed E-state index contributed by atoms with van der Waals surface area (Å²) in [6, 6.07) is 9.02. The maximum Gasteiger partial charge on any atom is 0.353 e. The molecule has 1 aromatic rings. The van der Waals surface area contributed by atoms with Gasteiger partial charge in [-0.25, -0.2) is 4.79 Å². The van der Waals surface area contributed by atoms with Crippen LogP contribution >= 0.6 is 0 Å². The largest absolute Gasteiger partial charge is 0.491 e. The van der Waals surface area contributed by atoms with E-state index < -0.39 is 12.1 Å². The van der Waals surface area contributed by atoms with Crippen molar-refractivity contribution < 1.29 is 24.6 Å². The van der Waals surface area contributed by atoms with Crippen LogP contribution in [0, 0.1) is 0 Å². The summed E-state index contributed by atoms with van der Waals surface area (Å²) < 4.78 is 5.28. The average Bonchev–Trinajstić information content (AvgIpc) is 2.37. The molecule has 6 nitrogen and oxygen atoms in total.